The van der Waals surface area contributed by atoms with Crippen LogP contribution in [-0.4, -0.2) is 60.9 Å². The highest BCUT2D eigenvalue weighted by Crippen LogP contribution is 2.39. The number of aliphatic imine (C=N–C) groups is 1. The third kappa shape index (κ3) is 6.10. The Bertz CT molecular complexity index is 2050. The van der Waals surface area contributed by atoms with Gasteiger partial charge in [0.25, 0.3) is 0 Å². The Morgan fingerprint density at radius 3 is 2.06 bits per heavy atom. The van der Waals surface area contributed by atoms with Crippen LogP contribution >= 0.6 is 34.3 Å². The molecule has 0 aliphatic carbocycles. The second kappa shape index (κ2) is 12.9. The molecule has 1 N–H and O–H groups in total. The molecular weight excluding hydrogens is 652 g/mol. The van der Waals surface area contributed by atoms with E-state index >= 15 is 0 Å². The van der Waals surface area contributed by atoms with Gasteiger partial charge in [-0.3, -0.25) is 14.6 Å². The van der Waals surface area contributed by atoms with Crippen LogP contribution in [0.1, 0.15) is 59.7 Å². The zero-order valence-electron chi connectivity index (χ0n) is 26.7. The molecule has 5 aromatic rings. The lowest BCUT2D eigenvalue weighted by molar-refractivity contribution is -0.136. The number of anilines is 2. The van der Waals surface area contributed by atoms with E-state index in [4.69, 9.17) is 11.6 Å². The Balaban J connectivity index is 0.000000161. The van der Waals surface area contributed by atoms with Gasteiger partial charge in [-0.05, 0) is 47.2 Å². The van der Waals surface area contributed by atoms with Crippen molar-refractivity contribution in [3.8, 4) is 0 Å². The van der Waals surface area contributed by atoms with Gasteiger partial charge in [0.2, 0.25) is 11.8 Å². The fraction of sp³-hybridized carbons (Fsp3) is 0.382. The van der Waals surface area contributed by atoms with Gasteiger partial charge in [-0.2, -0.15) is 0 Å². The van der Waals surface area contributed by atoms with Gasteiger partial charge in [-0.15, -0.1) is 22.7 Å². The number of halogens is 1. The van der Waals surface area contributed by atoms with Crippen molar-refractivity contribution in [2.45, 2.75) is 60.2 Å². The summed E-state index contributed by atoms with van der Waals surface area (Å²) in [6.07, 6.45) is 6.69. The minimum Gasteiger partial charge on any atom is -0.340 e. The van der Waals surface area contributed by atoms with Crippen LogP contribution in [0.2, 0.25) is 5.15 Å². The maximum atomic E-state index is 12.4. The lowest BCUT2D eigenvalue weighted by atomic mass is 10.0. The number of thiophene rings is 2. The highest BCUT2D eigenvalue weighted by molar-refractivity contribution is 7.19. The van der Waals surface area contributed by atoms with Crippen molar-refractivity contribution >= 4 is 84.2 Å². The Morgan fingerprint density at radius 1 is 0.830 bits per heavy atom. The standard InChI is InChI=1S/C21H21N5OS.C13H14ClN3OS/c1-12(2)21(27)26-6-5-16-17(10-26)28-20-18(16)19(23-11-24-20)25-15-4-3-13-8-22-9-14(13)7-15;1-7(2)13(18)17-4-3-8-9(5-17)19-12-10(8)11(14)15-6-16-12/h3-4,7,9,11-12H,5-6,8,10H2,1-2H3,(H,23,24,25);6-7H,3-5H2,1-2H3. The van der Waals surface area contributed by atoms with Crippen LogP contribution in [0.5, 0.6) is 0 Å². The molecule has 242 valence electrons. The van der Waals surface area contributed by atoms with Crippen LogP contribution in [-0.2, 0) is 42.1 Å². The number of hydrogen-bond donors (Lipinski definition) is 1. The highest BCUT2D eigenvalue weighted by atomic mass is 35.5. The number of carbonyl (C=O) groups excluding carboxylic acids is 2. The Hall–Kier alpha value is -4.00. The molecule has 3 aliphatic heterocycles. The second-order valence-electron chi connectivity index (χ2n) is 12.6. The van der Waals surface area contributed by atoms with Gasteiger partial charge in [-0.1, -0.05) is 45.4 Å². The predicted molar refractivity (Wildman–Crippen MR) is 189 cm³/mol. The van der Waals surface area contributed by atoms with Gasteiger partial charge in [0.1, 0.15) is 33.3 Å². The lowest BCUT2D eigenvalue weighted by Crippen LogP contribution is -2.37. The molecule has 0 saturated heterocycles. The maximum absolute atomic E-state index is 12.4. The van der Waals surface area contributed by atoms with Crippen molar-refractivity contribution in [3.63, 3.8) is 0 Å². The first-order valence-corrected chi connectivity index (χ1v) is 17.8. The molecule has 0 radical (unpaired) electrons. The van der Waals surface area contributed by atoms with E-state index in [0.29, 0.717) is 18.2 Å². The van der Waals surface area contributed by atoms with E-state index in [9.17, 15) is 9.59 Å². The van der Waals surface area contributed by atoms with Crippen molar-refractivity contribution in [1.82, 2.24) is 29.7 Å². The molecular formula is C34H35ClN8O2S2. The van der Waals surface area contributed by atoms with Crippen molar-refractivity contribution in [1.29, 1.82) is 0 Å². The predicted octanol–water partition coefficient (Wildman–Crippen LogP) is 6.79. The Kier molecular flexibility index (Phi) is 8.67. The lowest BCUT2D eigenvalue weighted by Gasteiger charge is -2.28. The van der Waals surface area contributed by atoms with Crippen molar-refractivity contribution in [2.75, 3.05) is 18.4 Å². The number of fused-ring (bicyclic) bond motifs is 7. The monoisotopic (exact) mass is 686 g/mol. The first-order chi connectivity index (χ1) is 22.7. The molecule has 13 heteroatoms. The topological polar surface area (TPSA) is 117 Å². The summed E-state index contributed by atoms with van der Waals surface area (Å²) in [5.74, 6) is 1.32. The van der Waals surface area contributed by atoms with Gasteiger partial charge in [-0.25, -0.2) is 19.9 Å². The number of aromatic nitrogens is 4. The average Bonchev–Trinajstić information content (AvgIpc) is 3.79. The van der Waals surface area contributed by atoms with E-state index < -0.39 is 0 Å². The summed E-state index contributed by atoms with van der Waals surface area (Å²) in [5, 5.41) is 6.06. The molecule has 8 rings (SSSR count). The van der Waals surface area contributed by atoms with Crippen LogP contribution in [0.3, 0.4) is 0 Å². The highest BCUT2D eigenvalue weighted by Gasteiger charge is 2.28. The molecule has 0 bridgehead atoms. The summed E-state index contributed by atoms with van der Waals surface area (Å²) in [6.45, 7) is 11.4. The Labute approximate surface area is 285 Å². The summed E-state index contributed by atoms with van der Waals surface area (Å²) < 4.78 is 0. The molecule has 0 saturated carbocycles. The summed E-state index contributed by atoms with van der Waals surface area (Å²) >= 11 is 9.45. The minimum absolute atomic E-state index is 0.0243. The Morgan fingerprint density at radius 2 is 1.43 bits per heavy atom. The number of rotatable bonds is 4. The molecule has 0 atom stereocenters. The zero-order valence-corrected chi connectivity index (χ0v) is 29.1. The van der Waals surface area contributed by atoms with E-state index in [1.807, 2.05) is 43.7 Å². The number of hydrogen-bond acceptors (Lipinski definition) is 10. The SMILES string of the molecule is CC(C)C(=O)N1CCc2c(sc3ncnc(Cl)c23)C1.CC(C)C(=O)N1CCc2c(sc3ncnc(Nc4ccc5c(c4)C=NC5)c23)C1. The average molecular weight is 687 g/mol. The summed E-state index contributed by atoms with van der Waals surface area (Å²) in [5.41, 5.74) is 5.91. The van der Waals surface area contributed by atoms with E-state index in [1.54, 1.807) is 29.0 Å². The quantitative estimate of drug-likeness (QED) is 0.207. The summed E-state index contributed by atoms with van der Waals surface area (Å²) in [4.78, 5) is 54.3. The molecule has 0 unspecified atom stereocenters. The van der Waals surface area contributed by atoms with Crippen LogP contribution in [0.4, 0.5) is 11.5 Å². The van der Waals surface area contributed by atoms with Gasteiger partial charge in [0, 0.05) is 46.6 Å². The number of benzene rings is 1. The molecule has 10 nitrogen and oxygen atoms in total. The van der Waals surface area contributed by atoms with E-state index in [0.717, 1.165) is 70.0 Å². The molecule has 2 amide bonds. The van der Waals surface area contributed by atoms with E-state index in [-0.39, 0.29) is 23.7 Å². The fourth-order valence-corrected chi connectivity index (χ4v) is 9.04. The van der Waals surface area contributed by atoms with Gasteiger partial charge in [0.05, 0.1) is 30.4 Å². The molecule has 3 aliphatic rings. The molecule has 0 fully saturated rings. The molecule has 1 aromatic carbocycles. The third-order valence-corrected chi connectivity index (χ3v) is 11.3. The zero-order chi connectivity index (χ0) is 32.8. The largest absolute Gasteiger partial charge is 0.340 e. The number of amides is 2. The van der Waals surface area contributed by atoms with Gasteiger partial charge in [0.15, 0.2) is 0 Å². The first-order valence-electron chi connectivity index (χ1n) is 15.8. The van der Waals surface area contributed by atoms with Crippen molar-refractivity contribution in [2.24, 2.45) is 16.8 Å². The minimum atomic E-state index is 0.0243. The molecule has 0 spiro atoms. The normalized spacial score (nSPS) is 15.1. The third-order valence-electron chi connectivity index (χ3n) is 8.74. The van der Waals surface area contributed by atoms with Crippen LogP contribution in [0, 0.1) is 11.8 Å². The van der Waals surface area contributed by atoms with Crippen molar-refractivity contribution in [3.05, 3.63) is 68.0 Å². The van der Waals surface area contributed by atoms with Gasteiger partial charge < -0.3 is 15.1 Å². The summed E-state index contributed by atoms with van der Waals surface area (Å²) in [6, 6.07) is 6.30. The molecule has 7 heterocycles. The molecule has 47 heavy (non-hydrogen) atoms. The smallest absolute Gasteiger partial charge is 0.225 e. The molecule has 4 aromatic heterocycles. The number of nitrogens with zero attached hydrogens (tertiary/aromatic N) is 7. The van der Waals surface area contributed by atoms with E-state index in [1.165, 1.54) is 32.8 Å². The second-order valence-corrected chi connectivity index (χ2v) is 15.1. The fourth-order valence-electron chi connectivity index (χ4n) is 6.33. The van der Waals surface area contributed by atoms with Crippen LogP contribution in [0.25, 0.3) is 20.4 Å². The first kappa shape index (κ1) is 31.6. The van der Waals surface area contributed by atoms with Gasteiger partial charge >= 0.3 is 0 Å². The van der Waals surface area contributed by atoms with Crippen molar-refractivity contribution < 1.29 is 9.59 Å². The summed E-state index contributed by atoms with van der Waals surface area (Å²) in [7, 11) is 0. The number of nitrogens with one attached hydrogen (secondary N) is 1. The van der Waals surface area contributed by atoms with E-state index in [2.05, 4.69) is 48.4 Å². The van der Waals surface area contributed by atoms with Crippen LogP contribution in [0.15, 0.2) is 35.8 Å². The number of carbonyl (C=O) groups is 2. The van der Waals surface area contributed by atoms with Crippen LogP contribution < -0.4 is 5.32 Å². The maximum Gasteiger partial charge on any atom is 0.225 e.